The molecule has 158 valence electrons. The number of anilines is 1. The lowest BCUT2D eigenvalue weighted by Gasteiger charge is -2.26. The van der Waals surface area contributed by atoms with Crippen LogP contribution in [0.3, 0.4) is 0 Å². The Balaban J connectivity index is 2.58. The number of carbonyl (C=O) groups excluding carboxylic acids is 1. The summed E-state index contributed by atoms with van der Waals surface area (Å²) in [5.41, 5.74) is 3.36. The fraction of sp³-hybridized carbons (Fsp3) is 0.455. The van der Waals surface area contributed by atoms with Crippen molar-refractivity contribution in [3.05, 3.63) is 45.6 Å². The topological polar surface area (TPSA) is 72.5 Å². The van der Waals surface area contributed by atoms with Gasteiger partial charge in [-0.15, -0.1) is 0 Å². The molecule has 0 aliphatic carbocycles. The molecule has 0 radical (unpaired) electrons. The number of esters is 1. The largest absolute Gasteiger partial charge is 0.465 e. The highest BCUT2D eigenvalue weighted by atomic mass is 35.5. The monoisotopic (exact) mass is 419 g/mol. The molecule has 1 aromatic carbocycles. The first kappa shape index (κ1) is 23.0. The van der Waals surface area contributed by atoms with Gasteiger partial charge in [0.2, 0.25) is 5.88 Å². The summed E-state index contributed by atoms with van der Waals surface area (Å²) in [7, 11) is 3.26. The highest BCUT2D eigenvalue weighted by Crippen LogP contribution is 2.35. The highest BCUT2D eigenvalue weighted by Gasteiger charge is 2.25. The molecule has 0 bridgehead atoms. The Morgan fingerprint density at radius 3 is 2.34 bits per heavy atom. The van der Waals surface area contributed by atoms with Crippen LogP contribution in [0.15, 0.2) is 18.2 Å². The van der Waals surface area contributed by atoms with Gasteiger partial charge in [0, 0.05) is 22.8 Å². The minimum absolute atomic E-state index is 0.108. The maximum Gasteiger partial charge on any atom is 0.345 e. The van der Waals surface area contributed by atoms with Gasteiger partial charge in [-0.05, 0) is 70.5 Å². The number of aromatic nitrogens is 1. The minimum atomic E-state index is -0.508. The molecule has 1 aromatic heterocycles. The summed E-state index contributed by atoms with van der Waals surface area (Å²) in [6, 6.07) is 5.78. The number of ether oxygens (including phenoxy) is 2. The summed E-state index contributed by atoms with van der Waals surface area (Å²) in [5.74, 6) is 0.324. The number of rotatable bonds is 8. The molecule has 0 saturated heterocycles. The van der Waals surface area contributed by atoms with Crippen molar-refractivity contribution in [3.8, 4) is 11.6 Å². The van der Waals surface area contributed by atoms with Gasteiger partial charge in [0.05, 0.1) is 12.8 Å². The van der Waals surface area contributed by atoms with Crippen LogP contribution in [-0.4, -0.2) is 37.2 Å². The second-order valence-electron chi connectivity index (χ2n) is 7.19. The predicted molar refractivity (Wildman–Crippen MR) is 118 cm³/mol. The lowest BCUT2D eigenvalue weighted by molar-refractivity contribution is 0.0598. The van der Waals surface area contributed by atoms with E-state index in [2.05, 4.69) is 29.5 Å². The third-order valence-corrected chi connectivity index (χ3v) is 5.19. The SMILES string of the molecule is CCC(Nc1cc(C)nc(Oc2c(C)cc(Cl)cc2C)c1C(=O)OC)C(C)NC. The van der Waals surface area contributed by atoms with Gasteiger partial charge in [-0.2, -0.15) is 0 Å². The van der Waals surface area contributed by atoms with Gasteiger partial charge in [0.15, 0.2) is 0 Å². The molecule has 6 nitrogen and oxygen atoms in total. The van der Waals surface area contributed by atoms with E-state index in [9.17, 15) is 4.79 Å². The van der Waals surface area contributed by atoms with E-state index in [4.69, 9.17) is 21.1 Å². The van der Waals surface area contributed by atoms with Crippen molar-refractivity contribution in [1.82, 2.24) is 10.3 Å². The van der Waals surface area contributed by atoms with Crippen LogP contribution in [0.2, 0.25) is 5.02 Å². The lowest BCUT2D eigenvalue weighted by atomic mass is 10.1. The molecule has 7 heteroatoms. The summed E-state index contributed by atoms with van der Waals surface area (Å²) >= 11 is 6.14. The first-order chi connectivity index (χ1) is 13.7. The van der Waals surface area contributed by atoms with E-state index in [1.54, 1.807) is 0 Å². The van der Waals surface area contributed by atoms with E-state index < -0.39 is 5.97 Å². The third-order valence-electron chi connectivity index (χ3n) is 4.97. The van der Waals surface area contributed by atoms with E-state index in [0.29, 0.717) is 16.5 Å². The van der Waals surface area contributed by atoms with Crippen LogP contribution >= 0.6 is 11.6 Å². The van der Waals surface area contributed by atoms with Gasteiger partial charge in [0.25, 0.3) is 0 Å². The average Bonchev–Trinajstić information content (AvgIpc) is 2.67. The normalized spacial score (nSPS) is 13.0. The Hall–Kier alpha value is -2.31. The standard InChI is InChI=1S/C22H30ClN3O3/c1-8-17(15(5)24-6)26-18-11-14(4)25-21(19(18)22(27)28-7)29-20-12(2)9-16(23)10-13(20)3/h9-11,15,17,24H,8H2,1-7H3,(H,25,26). The Morgan fingerprint density at radius 1 is 1.21 bits per heavy atom. The van der Waals surface area contributed by atoms with Gasteiger partial charge in [0.1, 0.15) is 11.3 Å². The van der Waals surface area contributed by atoms with E-state index in [1.807, 2.05) is 46.0 Å². The summed E-state index contributed by atoms with van der Waals surface area (Å²) in [6.07, 6.45) is 0.871. The molecule has 0 saturated carbocycles. The fourth-order valence-electron chi connectivity index (χ4n) is 3.27. The lowest BCUT2D eigenvalue weighted by Crippen LogP contribution is -2.40. The second kappa shape index (κ2) is 9.94. The maximum absolute atomic E-state index is 12.7. The molecule has 2 atom stereocenters. The maximum atomic E-state index is 12.7. The van der Waals surface area contributed by atoms with Crippen LogP contribution in [0.1, 0.15) is 47.4 Å². The Bertz CT molecular complexity index is 863. The number of carbonyl (C=O) groups is 1. The van der Waals surface area contributed by atoms with Crippen molar-refractivity contribution in [2.45, 2.75) is 53.1 Å². The Labute approximate surface area is 178 Å². The molecule has 2 N–H and O–H groups in total. The molecule has 2 unspecified atom stereocenters. The van der Waals surface area contributed by atoms with Gasteiger partial charge < -0.3 is 20.1 Å². The van der Waals surface area contributed by atoms with Crippen LogP contribution in [0.25, 0.3) is 0 Å². The Kier molecular flexibility index (Phi) is 7.88. The van der Waals surface area contributed by atoms with Crippen molar-refractivity contribution >= 4 is 23.3 Å². The van der Waals surface area contributed by atoms with Gasteiger partial charge in [-0.3, -0.25) is 0 Å². The first-order valence-electron chi connectivity index (χ1n) is 9.70. The molecule has 0 amide bonds. The van der Waals surface area contributed by atoms with Gasteiger partial charge in [-0.1, -0.05) is 18.5 Å². The fourth-order valence-corrected chi connectivity index (χ4v) is 3.60. The van der Waals surface area contributed by atoms with E-state index in [0.717, 1.165) is 23.2 Å². The number of hydrogen-bond acceptors (Lipinski definition) is 6. The summed E-state index contributed by atoms with van der Waals surface area (Å²) in [5, 5.41) is 7.35. The average molecular weight is 420 g/mol. The number of benzene rings is 1. The number of hydrogen-bond donors (Lipinski definition) is 2. The third kappa shape index (κ3) is 5.40. The molecule has 0 fully saturated rings. The van der Waals surface area contributed by atoms with Crippen LogP contribution in [-0.2, 0) is 4.74 Å². The zero-order valence-electron chi connectivity index (χ0n) is 18.1. The number of aryl methyl sites for hydroxylation is 3. The quantitative estimate of drug-likeness (QED) is 0.584. The summed E-state index contributed by atoms with van der Waals surface area (Å²) in [4.78, 5) is 17.2. The van der Waals surface area contributed by atoms with Crippen LogP contribution < -0.4 is 15.4 Å². The van der Waals surface area contributed by atoms with E-state index >= 15 is 0 Å². The molecule has 2 rings (SSSR count). The molecule has 1 heterocycles. The van der Waals surface area contributed by atoms with Crippen LogP contribution in [0.5, 0.6) is 11.6 Å². The number of halogens is 1. The zero-order chi connectivity index (χ0) is 21.7. The second-order valence-corrected chi connectivity index (χ2v) is 7.63. The summed E-state index contributed by atoms with van der Waals surface area (Å²) in [6.45, 7) is 9.86. The van der Waals surface area contributed by atoms with Crippen molar-refractivity contribution in [2.75, 3.05) is 19.5 Å². The summed E-state index contributed by atoms with van der Waals surface area (Å²) < 4.78 is 11.2. The molecule has 0 aliphatic heterocycles. The first-order valence-corrected chi connectivity index (χ1v) is 10.1. The van der Waals surface area contributed by atoms with Crippen molar-refractivity contribution in [3.63, 3.8) is 0 Å². The molecular formula is C22H30ClN3O3. The highest BCUT2D eigenvalue weighted by molar-refractivity contribution is 6.30. The number of nitrogens with one attached hydrogen (secondary N) is 2. The molecular weight excluding hydrogens is 390 g/mol. The minimum Gasteiger partial charge on any atom is -0.465 e. The number of likely N-dealkylation sites (N-methyl/N-ethyl adjacent to an activating group) is 1. The number of methoxy groups -OCH3 is 1. The van der Waals surface area contributed by atoms with E-state index in [1.165, 1.54) is 7.11 Å². The smallest absolute Gasteiger partial charge is 0.345 e. The van der Waals surface area contributed by atoms with Crippen molar-refractivity contribution in [1.29, 1.82) is 0 Å². The Morgan fingerprint density at radius 2 is 1.83 bits per heavy atom. The van der Waals surface area contributed by atoms with Crippen molar-refractivity contribution < 1.29 is 14.3 Å². The zero-order valence-corrected chi connectivity index (χ0v) is 18.9. The van der Waals surface area contributed by atoms with Crippen molar-refractivity contribution in [2.24, 2.45) is 0 Å². The number of nitrogens with zero attached hydrogens (tertiary/aromatic N) is 1. The van der Waals surface area contributed by atoms with Crippen LogP contribution in [0.4, 0.5) is 5.69 Å². The van der Waals surface area contributed by atoms with Gasteiger partial charge in [-0.25, -0.2) is 9.78 Å². The van der Waals surface area contributed by atoms with Gasteiger partial charge >= 0.3 is 5.97 Å². The molecule has 29 heavy (non-hydrogen) atoms. The van der Waals surface area contributed by atoms with E-state index in [-0.39, 0.29) is 23.5 Å². The molecule has 2 aromatic rings. The number of pyridine rings is 1. The molecule has 0 aliphatic rings. The predicted octanol–water partition coefficient (Wildman–Crippen LogP) is 5.04. The van der Waals surface area contributed by atoms with Crippen LogP contribution in [0, 0.1) is 20.8 Å². The molecule has 0 spiro atoms.